The molecule has 4 rings (SSSR count). The number of nitrogens with one attached hydrogen (secondary N) is 2. The zero-order valence-corrected chi connectivity index (χ0v) is 20.9. The third kappa shape index (κ3) is 6.43. The van der Waals surface area contributed by atoms with Crippen LogP contribution >= 0.6 is 0 Å². The van der Waals surface area contributed by atoms with E-state index in [1.807, 2.05) is 48.5 Å². The van der Waals surface area contributed by atoms with Crippen LogP contribution in [-0.4, -0.2) is 46.5 Å². The Bertz CT molecular complexity index is 1250. The molecule has 0 aliphatic heterocycles. The van der Waals surface area contributed by atoms with Crippen LogP contribution in [0.2, 0.25) is 0 Å². The second-order valence-electron chi connectivity index (χ2n) is 9.74. The van der Waals surface area contributed by atoms with E-state index in [0.717, 1.165) is 22.3 Å². The van der Waals surface area contributed by atoms with Crippen LogP contribution in [0.5, 0.6) is 0 Å². The average Bonchev–Trinajstić information content (AvgIpc) is 3.16. The second-order valence-corrected chi connectivity index (χ2v) is 9.74. The van der Waals surface area contributed by atoms with Crippen molar-refractivity contribution in [1.29, 1.82) is 0 Å². The van der Waals surface area contributed by atoms with Crippen LogP contribution in [0.3, 0.4) is 0 Å². The van der Waals surface area contributed by atoms with Gasteiger partial charge in [-0.2, -0.15) is 0 Å². The molecule has 0 radical (unpaired) electrons. The molecule has 0 saturated heterocycles. The maximum absolute atomic E-state index is 12.5. The lowest BCUT2D eigenvalue weighted by Crippen LogP contribution is -2.42. The smallest absolute Gasteiger partial charge is 0.413 e. The van der Waals surface area contributed by atoms with E-state index in [4.69, 9.17) is 9.47 Å². The molecule has 2 amide bonds. The summed E-state index contributed by atoms with van der Waals surface area (Å²) in [6.45, 7) is 5.33. The van der Waals surface area contributed by atoms with Crippen LogP contribution in [0.25, 0.3) is 11.1 Å². The second kappa shape index (κ2) is 10.7. The highest BCUT2D eigenvalue weighted by Crippen LogP contribution is 2.44. The van der Waals surface area contributed by atoms with Crippen molar-refractivity contribution in [2.75, 3.05) is 11.9 Å². The summed E-state index contributed by atoms with van der Waals surface area (Å²) in [6, 6.07) is 17.9. The molecular formula is C28H29N3O6. The van der Waals surface area contributed by atoms with E-state index in [-0.39, 0.29) is 24.8 Å². The van der Waals surface area contributed by atoms with Gasteiger partial charge in [-0.25, -0.2) is 19.4 Å². The number of pyridine rings is 1. The highest BCUT2D eigenvalue weighted by molar-refractivity contribution is 5.84. The van der Waals surface area contributed by atoms with Crippen molar-refractivity contribution < 1.29 is 29.0 Å². The molecule has 0 bridgehead atoms. The van der Waals surface area contributed by atoms with Crippen LogP contribution in [0.4, 0.5) is 15.4 Å². The number of hydrogen-bond acceptors (Lipinski definition) is 6. The van der Waals surface area contributed by atoms with E-state index in [1.54, 1.807) is 26.8 Å². The Balaban J connectivity index is 1.34. The third-order valence-corrected chi connectivity index (χ3v) is 5.83. The maximum Gasteiger partial charge on any atom is 0.413 e. The number of nitrogens with zero attached hydrogens (tertiary/aromatic N) is 1. The van der Waals surface area contributed by atoms with Crippen LogP contribution in [0, 0.1) is 0 Å². The quantitative estimate of drug-likeness (QED) is 0.416. The predicted molar refractivity (Wildman–Crippen MR) is 137 cm³/mol. The largest absolute Gasteiger partial charge is 0.480 e. The molecule has 9 heteroatoms. The lowest BCUT2D eigenvalue weighted by Gasteiger charge is -2.19. The number of rotatable bonds is 7. The van der Waals surface area contributed by atoms with Gasteiger partial charge in [-0.3, -0.25) is 5.32 Å². The van der Waals surface area contributed by atoms with Gasteiger partial charge in [-0.05, 0) is 54.7 Å². The molecule has 0 spiro atoms. The normalized spacial score (nSPS) is 13.2. The summed E-state index contributed by atoms with van der Waals surface area (Å²) in [5.41, 5.74) is 4.25. The molecule has 192 valence electrons. The molecule has 1 aliphatic carbocycles. The highest BCUT2D eigenvalue weighted by atomic mass is 16.6. The summed E-state index contributed by atoms with van der Waals surface area (Å²) in [4.78, 5) is 40.4. The lowest BCUT2D eigenvalue weighted by atomic mass is 9.98. The molecule has 1 heterocycles. The first-order valence-corrected chi connectivity index (χ1v) is 11.9. The zero-order valence-electron chi connectivity index (χ0n) is 20.9. The number of carbonyl (C=O) groups excluding carboxylic acids is 2. The summed E-state index contributed by atoms with van der Waals surface area (Å²) < 4.78 is 10.7. The molecule has 1 aromatic heterocycles. The molecule has 37 heavy (non-hydrogen) atoms. The van der Waals surface area contributed by atoms with Gasteiger partial charge < -0.3 is 19.9 Å². The van der Waals surface area contributed by atoms with Gasteiger partial charge in [0.05, 0.1) is 0 Å². The SMILES string of the molecule is CC(C)(C)OC(=O)Nc1ccc(C[C@H](NC(=O)OCC2c3ccccc3-c3ccccc32)C(=O)O)cn1. The van der Waals surface area contributed by atoms with Gasteiger partial charge in [0.15, 0.2) is 0 Å². The highest BCUT2D eigenvalue weighted by Gasteiger charge is 2.30. The number of ether oxygens (including phenoxy) is 2. The Kier molecular flexibility index (Phi) is 7.42. The summed E-state index contributed by atoms with van der Waals surface area (Å²) in [5, 5.41) is 14.6. The Morgan fingerprint density at radius 2 is 1.57 bits per heavy atom. The lowest BCUT2D eigenvalue weighted by molar-refractivity contribution is -0.139. The summed E-state index contributed by atoms with van der Waals surface area (Å²) in [5.74, 6) is -1.07. The standard InChI is InChI=1S/C28H29N3O6/c1-28(2,3)37-27(35)31-24-13-12-17(15-29-24)14-23(25(32)33)30-26(34)36-16-22-20-10-6-4-8-18(20)19-9-5-7-11-21(19)22/h4-13,15,22-23H,14,16H2,1-3H3,(H,30,34)(H,32,33)(H,29,31,35)/t23-/m0/s1. The van der Waals surface area contributed by atoms with Crippen molar-refractivity contribution in [3.63, 3.8) is 0 Å². The van der Waals surface area contributed by atoms with Crippen molar-refractivity contribution >= 4 is 24.0 Å². The van der Waals surface area contributed by atoms with Gasteiger partial charge in [-0.15, -0.1) is 0 Å². The van der Waals surface area contributed by atoms with Crippen molar-refractivity contribution in [2.24, 2.45) is 0 Å². The molecule has 2 aromatic carbocycles. The van der Waals surface area contributed by atoms with Crippen LogP contribution < -0.4 is 10.6 Å². The van der Waals surface area contributed by atoms with Gasteiger partial charge in [-0.1, -0.05) is 54.6 Å². The number of carboxylic acids is 1. The number of alkyl carbamates (subject to hydrolysis) is 1. The molecule has 3 aromatic rings. The minimum atomic E-state index is -1.22. The van der Waals surface area contributed by atoms with E-state index in [2.05, 4.69) is 15.6 Å². The fourth-order valence-corrected chi connectivity index (χ4v) is 4.25. The first-order valence-electron chi connectivity index (χ1n) is 11.9. The summed E-state index contributed by atoms with van der Waals surface area (Å²) in [7, 11) is 0. The fourth-order valence-electron chi connectivity index (χ4n) is 4.25. The van der Waals surface area contributed by atoms with Crippen molar-refractivity contribution in [3.05, 3.63) is 83.6 Å². The first kappa shape index (κ1) is 25.7. The van der Waals surface area contributed by atoms with E-state index in [1.165, 1.54) is 12.3 Å². The average molecular weight is 504 g/mol. The van der Waals surface area contributed by atoms with Crippen LogP contribution in [0.1, 0.15) is 43.4 Å². The molecule has 3 N–H and O–H groups in total. The topological polar surface area (TPSA) is 127 Å². The summed E-state index contributed by atoms with van der Waals surface area (Å²) >= 11 is 0. The van der Waals surface area contributed by atoms with E-state index < -0.39 is 29.8 Å². The number of aliphatic carboxylic acids is 1. The molecule has 0 unspecified atom stereocenters. The van der Waals surface area contributed by atoms with Gasteiger partial charge in [0.25, 0.3) is 0 Å². The van der Waals surface area contributed by atoms with Crippen molar-refractivity contribution in [2.45, 2.75) is 44.8 Å². The number of aromatic nitrogens is 1. The van der Waals surface area contributed by atoms with Crippen molar-refractivity contribution in [3.8, 4) is 11.1 Å². The van der Waals surface area contributed by atoms with Gasteiger partial charge in [0.1, 0.15) is 24.1 Å². The Labute approximate surface area is 214 Å². The molecule has 1 aliphatic rings. The van der Waals surface area contributed by atoms with Crippen LogP contribution in [0.15, 0.2) is 66.9 Å². The monoisotopic (exact) mass is 503 g/mol. The minimum absolute atomic E-state index is 0.0146. The number of benzene rings is 2. The number of carboxylic acid groups (broad SMARTS) is 1. The first-order chi connectivity index (χ1) is 17.6. The summed E-state index contributed by atoms with van der Waals surface area (Å²) in [6.07, 6.45) is -0.0418. The van der Waals surface area contributed by atoms with Crippen LogP contribution in [-0.2, 0) is 20.7 Å². The number of amides is 2. The molecule has 1 atom stereocenters. The minimum Gasteiger partial charge on any atom is -0.480 e. The van der Waals surface area contributed by atoms with Crippen molar-refractivity contribution in [1.82, 2.24) is 10.3 Å². The number of hydrogen-bond donors (Lipinski definition) is 3. The van der Waals surface area contributed by atoms with Gasteiger partial charge in [0, 0.05) is 18.5 Å². The van der Waals surface area contributed by atoms with Gasteiger partial charge >= 0.3 is 18.2 Å². The Hall–Kier alpha value is -4.40. The van der Waals surface area contributed by atoms with E-state index in [9.17, 15) is 19.5 Å². The van der Waals surface area contributed by atoms with E-state index in [0.29, 0.717) is 5.56 Å². The fraction of sp³-hybridized carbons (Fsp3) is 0.286. The maximum atomic E-state index is 12.5. The third-order valence-electron chi connectivity index (χ3n) is 5.83. The number of carbonyl (C=O) groups is 3. The molecule has 0 fully saturated rings. The molecule has 9 nitrogen and oxygen atoms in total. The number of fused-ring (bicyclic) bond motifs is 3. The molecule has 0 saturated carbocycles. The molecular weight excluding hydrogens is 474 g/mol. The predicted octanol–water partition coefficient (Wildman–Crippen LogP) is 4.96. The number of anilines is 1. The van der Waals surface area contributed by atoms with E-state index >= 15 is 0 Å². The van der Waals surface area contributed by atoms with Gasteiger partial charge in [0.2, 0.25) is 0 Å². The zero-order chi connectivity index (χ0) is 26.6. The Morgan fingerprint density at radius 1 is 0.946 bits per heavy atom. The Morgan fingerprint density at radius 3 is 2.11 bits per heavy atom.